The molecule has 0 saturated heterocycles. The number of carboxylic acid groups (broad SMARTS) is 2. The summed E-state index contributed by atoms with van der Waals surface area (Å²) in [6.07, 6.45) is -0.898. The van der Waals surface area contributed by atoms with Crippen LogP contribution in [-0.2, 0) is 30.4 Å². The predicted octanol–water partition coefficient (Wildman–Crippen LogP) is -1.77. The lowest BCUT2D eigenvalue weighted by Crippen LogP contribution is -2.54. The van der Waals surface area contributed by atoms with Gasteiger partial charge in [0.15, 0.2) is 0 Å². The molecule has 1 aromatic rings. The van der Waals surface area contributed by atoms with Crippen LogP contribution in [0.1, 0.15) is 18.4 Å². The molecule has 12 nitrogen and oxygen atoms in total. The quantitative estimate of drug-likeness (QED) is 0.153. The first kappa shape index (κ1) is 26.7. The van der Waals surface area contributed by atoms with Crippen LogP contribution in [-0.4, -0.2) is 75.4 Å². The van der Waals surface area contributed by atoms with Gasteiger partial charge in [-0.05, 0) is 24.1 Å². The van der Waals surface area contributed by atoms with Crippen LogP contribution in [0.4, 0.5) is 0 Å². The molecule has 13 heteroatoms. The lowest BCUT2D eigenvalue weighted by molar-refractivity contribution is -0.143. The Labute approximate surface area is 189 Å². The molecule has 3 amide bonds. The third kappa shape index (κ3) is 9.66. The van der Waals surface area contributed by atoms with Crippen LogP contribution in [0.25, 0.3) is 0 Å². The minimum absolute atomic E-state index is 0.0124. The van der Waals surface area contributed by atoms with E-state index in [4.69, 9.17) is 10.8 Å². The van der Waals surface area contributed by atoms with E-state index >= 15 is 0 Å². The molecule has 0 heterocycles. The molecule has 176 valence electrons. The first-order valence-corrected chi connectivity index (χ1v) is 10.1. The van der Waals surface area contributed by atoms with Crippen LogP contribution in [0, 0.1) is 0 Å². The second kappa shape index (κ2) is 13.2. The maximum atomic E-state index is 12.7. The number of carboxylic acids is 2. The monoisotopic (exact) mass is 470 g/mol. The van der Waals surface area contributed by atoms with E-state index in [0.29, 0.717) is 5.56 Å². The van der Waals surface area contributed by atoms with Crippen LogP contribution < -0.4 is 21.7 Å². The number of thiol groups is 1. The zero-order valence-corrected chi connectivity index (χ0v) is 17.9. The molecule has 0 aromatic heterocycles. The lowest BCUT2D eigenvalue weighted by Gasteiger charge is -2.22. The summed E-state index contributed by atoms with van der Waals surface area (Å²) >= 11 is 3.88. The number of aliphatic carboxylic acids is 2. The van der Waals surface area contributed by atoms with Crippen molar-refractivity contribution in [3.63, 3.8) is 0 Å². The largest absolute Gasteiger partial charge is 0.508 e. The van der Waals surface area contributed by atoms with E-state index in [1.54, 1.807) is 0 Å². The van der Waals surface area contributed by atoms with Crippen molar-refractivity contribution in [2.45, 2.75) is 37.4 Å². The number of nitrogens with one attached hydrogen (secondary N) is 3. The van der Waals surface area contributed by atoms with Gasteiger partial charge in [0.2, 0.25) is 17.7 Å². The zero-order chi connectivity index (χ0) is 24.3. The second-order valence-electron chi connectivity index (χ2n) is 6.83. The molecule has 0 aliphatic heterocycles. The van der Waals surface area contributed by atoms with Crippen LogP contribution in [0.5, 0.6) is 5.75 Å². The number of rotatable bonds is 13. The summed E-state index contributed by atoms with van der Waals surface area (Å²) in [5, 5.41) is 34.3. The van der Waals surface area contributed by atoms with Gasteiger partial charge in [0.25, 0.3) is 0 Å². The summed E-state index contributed by atoms with van der Waals surface area (Å²) in [6, 6.07) is 2.12. The Morgan fingerprint density at radius 1 is 0.969 bits per heavy atom. The Balaban J connectivity index is 2.90. The van der Waals surface area contributed by atoms with E-state index < -0.39 is 60.8 Å². The van der Waals surface area contributed by atoms with Crippen molar-refractivity contribution < 1.29 is 39.3 Å². The first-order chi connectivity index (χ1) is 15.0. The predicted molar refractivity (Wildman–Crippen MR) is 115 cm³/mol. The highest BCUT2D eigenvalue weighted by Gasteiger charge is 2.27. The maximum absolute atomic E-state index is 12.7. The van der Waals surface area contributed by atoms with Crippen LogP contribution in [0.15, 0.2) is 24.3 Å². The number of aromatic hydroxyl groups is 1. The standard InChI is InChI=1S/C19H26N4O8S/c20-12(9-32)17(28)21-8-15(25)22-14(7-10-1-3-11(24)4-2-10)18(29)23-13(19(30)31)5-6-16(26)27/h1-4,12-14,24,32H,5-9,20H2,(H,21,28)(H,22,25)(H,23,29)(H,26,27)(H,30,31). The van der Waals surface area contributed by atoms with Gasteiger partial charge >= 0.3 is 11.9 Å². The normalized spacial score (nSPS) is 13.3. The van der Waals surface area contributed by atoms with E-state index in [1.165, 1.54) is 24.3 Å². The molecular weight excluding hydrogens is 444 g/mol. The number of hydrogen-bond donors (Lipinski definition) is 8. The summed E-state index contributed by atoms with van der Waals surface area (Å²) < 4.78 is 0. The number of amides is 3. The fourth-order valence-corrected chi connectivity index (χ4v) is 2.67. The van der Waals surface area contributed by atoms with Gasteiger partial charge in [-0.2, -0.15) is 12.6 Å². The molecule has 3 unspecified atom stereocenters. The van der Waals surface area contributed by atoms with E-state index in [9.17, 15) is 34.2 Å². The molecule has 0 spiro atoms. The number of benzene rings is 1. The van der Waals surface area contributed by atoms with Crippen molar-refractivity contribution in [1.82, 2.24) is 16.0 Å². The van der Waals surface area contributed by atoms with Gasteiger partial charge in [-0.15, -0.1) is 0 Å². The van der Waals surface area contributed by atoms with E-state index in [-0.39, 0.29) is 24.3 Å². The summed E-state index contributed by atoms with van der Waals surface area (Å²) in [4.78, 5) is 58.7. The fraction of sp³-hybridized carbons (Fsp3) is 0.421. The Morgan fingerprint density at radius 3 is 2.12 bits per heavy atom. The number of carbonyl (C=O) groups is 5. The summed E-state index contributed by atoms with van der Waals surface area (Å²) in [6.45, 7) is -0.485. The minimum Gasteiger partial charge on any atom is -0.508 e. The van der Waals surface area contributed by atoms with Crippen LogP contribution in [0.3, 0.4) is 0 Å². The number of nitrogens with two attached hydrogens (primary N) is 1. The lowest BCUT2D eigenvalue weighted by atomic mass is 10.0. The highest BCUT2D eigenvalue weighted by molar-refractivity contribution is 7.80. The highest BCUT2D eigenvalue weighted by atomic mass is 32.1. The Hall–Kier alpha value is -3.32. The van der Waals surface area contributed by atoms with Crippen molar-refractivity contribution in [3.05, 3.63) is 29.8 Å². The molecule has 1 aromatic carbocycles. The molecule has 0 aliphatic rings. The third-order valence-corrected chi connectivity index (χ3v) is 4.64. The first-order valence-electron chi connectivity index (χ1n) is 9.49. The SMILES string of the molecule is NC(CS)C(=O)NCC(=O)NC(Cc1ccc(O)cc1)C(=O)NC(CCC(=O)O)C(=O)O. The van der Waals surface area contributed by atoms with Gasteiger partial charge in [-0.1, -0.05) is 12.1 Å². The molecule has 0 bridgehead atoms. The maximum Gasteiger partial charge on any atom is 0.326 e. The van der Waals surface area contributed by atoms with Crippen molar-refractivity contribution in [2.24, 2.45) is 5.73 Å². The van der Waals surface area contributed by atoms with Crippen LogP contribution in [0.2, 0.25) is 0 Å². The van der Waals surface area contributed by atoms with Crippen molar-refractivity contribution in [2.75, 3.05) is 12.3 Å². The Kier molecular flexibility index (Phi) is 11.0. The summed E-state index contributed by atoms with van der Waals surface area (Å²) in [5.41, 5.74) is 6.04. The van der Waals surface area contributed by atoms with Gasteiger partial charge in [0, 0.05) is 18.6 Å². The highest BCUT2D eigenvalue weighted by Crippen LogP contribution is 2.12. The average molecular weight is 471 g/mol. The Morgan fingerprint density at radius 2 is 1.59 bits per heavy atom. The number of phenols is 1. The smallest absolute Gasteiger partial charge is 0.326 e. The van der Waals surface area contributed by atoms with Crippen LogP contribution >= 0.6 is 12.6 Å². The van der Waals surface area contributed by atoms with Crippen molar-refractivity contribution in [1.29, 1.82) is 0 Å². The van der Waals surface area contributed by atoms with Gasteiger partial charge in [0.1, 0.15) is 17.8 Å². The third-order valence-electron chi connectivity index (χ3n) is 4.25. The average Bonchev–Trinajstić information content (AvgIpc) is 2.74. The summed E-state index contributed by atoms with van der Waals surface area (Å²) in [5.74, 6) is -4.82. The number of carbonyl (C=O) groups excluding carboxylic acids is 3. The van der Waals surface area contributed by atoms with Gasteiger partial charge in [0.05, 0.1) is 12.6 Å². The fourth-order valence-electron chi connectivity index (χ4n) is 2.50. The van der Waals surface area contributed by atoms with Crippen molar-refractivity contribution in [3.8, 4) is 5.75 Å². The molecule has 8 N–H and O–H groups in total. The minimum atomic E-state index is -1.48. The topological polar surface area (TPSA) is 208 Å². The number of phenolic OH excluding ortho intramolecular Hbond substituents is 1. The molecule has 32 heavy (non-hydrogen) atoms. The Bertz CT molecular complexity index is 833. The summed E-state index contributed by atoms with van der Waals surface area (Å²) in [7, 11) is 0. The second-order valence-corrected chi connectivity index (χ2v) is 7.19. The van der Waals surface area contributed by atoms with Gasteiger partial charge in [-0.25, -0.2) is 4.79 Å². The molecule has 3 atom stereocenters. The molecular formula is C19H26N4O8S. The van der Waals surface area contributed by atoms with E-state index in [2.05, 4.69) is 28.6 Å². The van der Waals surface area contributed by atoms with E-state index in [1.807, 2.05) is 0 Å². The van der Waals surface area contributed by atoms with E-state index in [0.717, 1.165) is 0 Å². The molecule has 0 radical (unpaired) electrons. The van der Waals surface area contributed by atoms with Gasteiger partial charge < -0.3 is 37.0 Å². The molecule has 0 fully saturated rings. The molecule has 0 aliphatic carbocycles. The zero-order valence-electron chi connectivity index (χ0n) is 17.0. The molecule has 1 rings (SSSR count). The number of hydrogen-bond acceptors (Lipinski definition) is 8. The van der Waals surface area contributed by atoms with Gasteiger partial charge in [-0.3, -0.25) is 19.2 Å². The molecule has 0 saturated carbocycles. The van der Waals surface area contributed by atoms with Crippen molar-refractivity contribution >= 4 is 42.3 Å².